The monoisotopic (exact) mass is 210 g/mol. The molecule has 5 heteroatoms. The van der Waals surface area contributed by atoms with Crippen LogP contribution in [-0.2, 0) is 0 Å². The van der Waals surface area contributed by atoms with Gasteiger partial charge in [0.1, 0.15) is 6.07 Å². The second-order valence-corrected chi connectivity index (χ2v) is 2.96. The number of ketones is 1. The van der Waals surface area contributed by atoms with Gasteiger partial charge in [0.05, 0.1) is 11.1 Å². The normalized spacial score (nSPS) is 10.1. The number of nitrogens with two attached hydrogens (primary N) is 1. The summed E-state index contributed by atoms with van der Waals surface area (Å²) in [6.45, 7) is 1.18. The van der Waals surface area contributed by atoms with Crippen LogP contribution in [-0.4, -0.2) is 5.78 Å². The van der Waals surface area contributed by atoms with Crippen molar-refractivity contribution in [1.82, 2.24) is 0 Å². The van der Waals surface area contributed by atoms with E-state index in [4.69, 9.17) is 11.0 Å². The van der Waals surface area contributed by atoms with Gasteiger partial charge in [-0.1, -0.05) is 0 Å². The van der Waals surface area contributed by atoms with E-state index < -0.39 is 17.8 Å². The third kappa shape index (κ3) is 1.94. The Bertz CT molecular complexity index is 449. The summed E-state index contributed by atoms with van der Waals surface area (Å²) in [6.07, 6.45) is -2.79. The number of rotatable bonds is 2. The van der Waals surface area contributed by atoms with Gasteiger partial charge < -0.3 is 5.73 Å². The van der Waals surface area contributed by atoms with Crippen LogP contribution in [0.15, 0.2) is 12.1 Å². The van der Waals surface area contributed by atoms with Gasteiger partial charge >= 0.3 is 0 Å². The highest BCUT2D eigenvalue weighted by molar-refractivity contribution is 6.01. The SMILES string of the molecule is CC(=O)c1c(N)ccc(C(F)F)c1C#N. The summed E-state index contributed by atoms with van der Waals surface area (Å²) in [4.78, 5) is 11.1. The zero-order valence-electron chi connectivity index (χ0n) is 7.92. The fraction of sp³-hybridized carbons (Fsp3) is 0.200. The van der Waals surface area contributed by atoms with Crippen molar-refractivity contribution >= 4 is 11.5 Å². The van der Waals surface area contributed by atoms with E-state index in [1.54, 1.807) is 6.07 Å². The van der Waals surface area contributed by atoms with Gasteiger partial charge in [-0.3, -0.25) is 4.79 Å². The van der Waals surface area contributed by atoms with E-state index in [-0.39, 0.29) is 16.8 Å². The molecule has 0 fully saturated rings. The number of alkyl halides is 2. The van der Waals surface area contributed by atoms with Crippen LogP contribution >= 0.6 is 0 Å². The van der Waals surface area contributed by atoms with Crippen LogP contribution in [0, 0.1) is 11.3 Å². The van der Waals surface area contributed by atoms with Crippen molar-refractivity contribution in [2.24, 2.45) is 0 Å². The molecule has 2 N–H and O–H groups in total. The molecular weight excluding hydrogens is 202 g/mol. The van der Waals surface area contributed by atoms with Crippen LogP contribution in [0.25, 0.3) is 0 Å². The fourth-order valence-corrected chi connectivity index (χ4v) is 1.32. The first kappa shape index (κ1) is 11.1. The smallest absolute Gasteiger partial charge is 0.265 e. The van der Waals surface area contributed by atoms with Crippen molar-refractivity contribution in [2.45, 2.75) is 13.3 Å². The van der Waals surface area contributed by atoms with Gasteiger partial charge in [0.25, 0.3) is 6.43 Å². The zero-order valence-corrected chi connectivity index (χ0v) is 7.92. The number of nitrogen functional groups attached to an aromatic ring is 1. The van der Waals surface area contributed by atoms with E-state index >= 15 is 0 Å². The lowest BCUT2D eigenvalue weighted by molar-refractivity contribution is 0.101. The number of hydrogen-bond acceptors (Lipinski definition) is 3. The first-order valence-corrected chi connectivity index (χ1v) is 4.10. The summed E-state index contributed by atoms with van der Waals surface area (Å²) in [5, 5.41) is 8.73. The average molecular weight is 210 g/mol. The molecule has 0 saturated carbocycles. The molecule has 0 saturated heterocycles. The Balaban J connectivity index is 3.56. The van der Waals surface area contributed by atoms with Crippen molar-refractivity contribution < 1.29 is 13.6 Å². The fourth-order valence-electron chi connectivity index (χ4n) is 1.32. The van der Waals surface area contributed by atoms with Gasteiger partial charge in [0.15, 0.2) is 5.78 Å². The lowest BCUT2D eigenvalue weighted by atomic mass is 9.98. The van der Waals surface area contributed by atoms with Crippen molar-refractivity contribution in [2.75, 3.05) is 5.73 Å². The molecule has 0 radical (unpaired) electrons. The molecule has 3 nitrogen and oxygen atoms in total. The van der Waals surface area contributed by atoms with E-state index in [9.17, 15) is 13.6 Å². The second-order valence-electron chi connectivity index (χ2n) is 2.96. The van der Waals surface area contributed by atoms with Crippen LogP contribution in [0.2, 0.25) is 0 Å². The number of hydrogen-bond donors (Lipinski definition) is 1. The summed E-state index contributed by atoms with van der Waals surface area (Å²) in [5.74, 6) is -0.494. The van der Waals surface area contributed by atoms with E-state index in [1.165, 1.54) is 13.0 Å². The Kier molecular flexibility index (Phi) is 3.00. The molecule has 0 amide bonds. The minimum absolute atomic E-state index is 0.0449. The summed E-state index contributed by atoms with van der Waals surface area (Å²) >= 11 is 0. The molecule has 0 aromatic heterocycles. The van der Waals surface area contributed by atoms with Crippen molar-refractivity contribution in [3.05, 3.63) is 28.8 Å². The van der Waals surface area contributed by atoms with Crippen molar-refractivity contribution in [3.63, 3.8) is 0 Å². The number of anilines is 1. The highest BCUT2D eigenvalue weighted by Gasteiger charge is 2.20. The molecule has 0 aliphatic heterocycles. The Hall–Kier alpha value is -1.96. The van der Waals surface area contributed by atoms with Crippen molar-refractivity contribution in [1.29, 1.82) is 5.26 Å². The predicted molar refractivity (Wildman–Crippen MR) is 50.5 cm³/mol. The Morgan fingerprint density at radius 1 is 1.53 bits per heavy atom. The highest BCUT2D eigenvalue weighted by Crippen LogP contribution is 2.28. The number of Topliss-reactive ketones (excluding diaryl/α,β-unsaturated/α-hetero) is 1. The first-order valence-electron chi connectivity index (χ1n) is 4.10. The van der Waals surface area contributed by atoms with E-state index in [0.717, 1.165) is 6.07 Å². The number of nitriles is 1. The number of halogens is 2. The molecule has 0 spiro atoms. The maximum absolute atomic E-state index is 12.5. The molecule has 78 valence electrons. The molecule has 0 aliphatic rings. The molecule has 0 heterocycles. The van der Waals surface area contributed by atoms with Gasteiger partial charge in [-0.15, -0.1) is 0 Å². The number of carbonyl (C=O) groups is 1. The summed E-state index contributed by atoms with van der Waals surface area (Å²) < 4.78 is 25.0. The lowest BCUT2D eigenvalue weighted by Crippen LogP contribution is -2.06. The summed E-state index contributed by atoms with van der Waals surface area (Å²) in [7, 11) is 0. The van der Waals surface area contributed by atoms with E-state index in [0.29, 0.717) is 0 Å². The Labute approximate surface area is 85.1 Å². The lowest BCUT2D eigenvalue weighted by Gasteiger charge is -2.08. The molecule has 1 rings (SSSR count). The van der Waals surface area contributed by atoms with Crippen LogP contribution in [0.3, 0.4) is 0 Å². The average Bonchev–Trinajstić information content (AvgIpc) is 2.15. The maximum atomic E-state index is 12.5. The van der Waals surface area contributed by atoms with Crippen LogP contribution in [0.4, 0.5) is 14.5 Å². The molecule has 15 heavy (non-hydrogen) atoms. The summed E-state index contributed by atoms with van der Waals surface area (Å²) in [6, 6.07) is 3.85. The van der Waals surface area contributed by atoms with Gasteiger partial charge in [0, 0.05) is 11.3 Å². The third-order valence-electron chi connectivity index (χ3n) is 1.97. The molecule has 0 aliphatic carbocycles. The molecule has 1 aromatic carbocycles. The van der Waals surface area contributed by atoms with E-state index in [1.807, 2.05) is 0 Å². The number of carbonyl (C=O) groups excluding carboxylic acids is 1. The van der Waals surface area contributed by atoms with Crippen molar-refractivity contribution in [3.8, 4) is 6.07 Å². The molecule has 0 bridgehead atoms. The van der Waals surface area contributed by atoms with Gasteiger partial charge in [-0.2, -0.15) is 5.26 Å². The standard InChI is InChI=1S/C10H8F2N2O/c1-5(15)9-7(4-13)6(10(11)12)2-3-8(9)14/h2-3,10H,14H2,1H3. The molecule has 0 atom stereocenters. The quantitative estimate of drug-likeness (QED) is 0.601. The number of benzene rings is 1. The minimum Gasteiger partial charge on any atom is -0.398 e. The molecule has 1 aromatic rings. The maximum Gasteiger partial charge on any atom is 0.265 e. The van der Waals surface area contributed by atoms with Crippen LogP contribution < -0.4 is 5.73 Å². The Morgan fingerprint density at radius 2 is 2.13 bits per heavy atom. The largest absolute Gasteiger partial charge is 0.398 e. The van der Waals surface area contributed by atoms with Gasteiger partial charge in [0.2, 0.25) is 0 Å². The minimum atomic E-state index is -2.79. The van der Waals surface area contributed by atoms with Crippen LogP contribution in [0.5, 0.6) is 0 Å². The molecular formula is C10H8F2N2O. The van der Waals surface area contributed by atoms with E-state index in [2.05, 4.69) is 0 Å². The highest BCUT2D eigenvalue weighted by atomic mass is 19.3. The number of nitrogens with zero attached hydrogens (tertiary/aromatic N) is 1. The third-order valence-corrected chi connectivity index (χ3v) is 1.97. The van der Waals surface area contributed by atoms with Crippen LogP contribution in [0.1, 0.15) is 34.8 Å². The topological polar surface area (TPSA) is 66.9 Å². The molecule has 0 unspecified atom stereocenters. The first-order chi connectivity index (χ1) is 6.99. The zero-order chi connectivity index (χ0) is 11.6. The van der Waals surface area contributed by atoms with Gasteiger partial charge in [-0.25, -0.2) is 8.78 Å². The predicted octanol–water partition coefficient (Wildman–Crippen LogP) is 2.28. The second kappa shape index (κ2) is 4.05. The van der Waals surface area contributed by atoms with Gasteiger partial charge in [-0.05, 0) is 19.1 Å². The summed E-state index contributed by atoms with van der Waals surface area (Å²) in [5.41, 5.74) is 4.57. The Morgan fingerprint density at radius 3 is 2.53 bits per heavy atom.